The van der Waals surface area contributed by atoms with Crippen LogP contribution in [-0.4, -0.2) is 28.9 Å². The smallest absolute Gasteiger partial charge is 0.262 e. The molecule has 7 heteroatoms. The van der Waals surface area contributed by atoms with Crippen molar-refractivity contribution in [2.45, 2.75) is 0 Å². The summed E-state index contributed by atoms with van der Waals surface area (Å²) in [6, 6.07) is 41.7. The standard InChI is InChI=1S/C41H28N6O/c1-3-14-32(4-2)46-35-22-12-11-21-33(35)40-42-34-24-23-30(26-36(34)47(40)41(46)48)29-19-13-20-31(25-29)39-44-37(27-15-7-5-8-16-27)43-38(45-39)28-17-9-6-10-18-28/h3-26H,1-2H2/b32-14+. The van der Waals surface area contributed by atoms with Gasteiger partial charge in [0.05, 0.1) is 22.2 Å². The Balaban J connectivity index is 1.30. The van der Waals surface area contributed by atoms with Crippen LogP contribution < -0.4 is 5.69 Å². The number of nitrogens with zero attached hydrogens (tertiary/aromatic N) is 6. The van der Waals surface area contributed by atoms with Crippen molar-refractivity contribution >= 4 is 33.3 Å². The molecule has 228 valence electrons. The van der Waals surface area contributed by atoms with Gasteiger partial charge in [0.2, 0.25) is 0 Å². The molecule has 0 atom stereocenters. The lowest BCUT2D eigenvalue weighted by atomic mass is 10.0. The van der Waals surface area contributed by atoms with E-state index in [1.807, 2.05) is 121 Å². The summed E-state index contributed by atoms with van der Waals surface area (Å²) in [5, 5.41) is 0.854. The molecule has 0 aliphatic carbocycles. The van der Waals surface area contributed by atoms with Gasteiger partial charge in [-0.2, -0.15) is 0 Å². The Labute approximate surface area is 276 Å². The minimum Gasteiger partial charge on any atom is -0.262 e. The maximum Gasteiger partial charge on any atom is 0.339 e. The number of allylic oxidation sites excluding steroid dienone is 4. The highest BCUT2D eigenvalue weighted by molar-refractivity contribution is 5.98. The first-order valence-corrected chi connectivity index (χ1v) is 15.5. The normalized spacial score (nSPS) is 11.7. The van der Waals surface area contributed by atoms with Crippen molar-refractivity contribution in [3.8, 4) is 45.3 Å². The molecular formula is C41H28N6O. The Kier molecular flexibility index (Phi) is 7.12. The highest BCUT2D eigenvalue weighted by Crippen LogP contribution is 2.31. The number of benzene rings is 5. The molecule has 3 aromatic heterocycles. The van der Waals surface area contributed by atoms with Crippen LogP contribution >= 0.6 is 0 Å². The number of rotatable bonds is 7. The minimum atomic E-state index is -0.239. The molecule has 0 unspecified atom stereocenters. The van der Waals surface area contributed by atoms with Gasteiger partial charge in [0.15, 0.2) is 23.1 Å². The first kappa shape index (κ1) is 28.7. The molecule has 5 aromatic carbocycles. The van der Waals surface area contributed by atoms with Gasteiger partial charge in [-0.05, 0) is 53.6 Å². The van der Waals surface area contributed by atoms with E-state index in [4.69, 9.17) is 19.9 Å². The SMILES string of the molecule is C=C/C=C(\C=C)n1c(=O)n2c3cc(-c4cccc(-c5nc(-c6ccccc6)nc(-c6ccccc6)n5)c4)ccc3nc2c2ccccc21. The van der Waals surface area contributed by atoms with Crippen LogP contribution in [0, 0.1) is 0 Å². The molecular weight excluding hydrogens is 592 g/mol. The van der Waals surface area contributed by atoms with Crippen molar-refractivity contribution in [3.63, 3.8) is 0 Å². The third kappa shape index (κ3) is 4.91. The van der Waals surface area contributed by atoms with Crippen molar-refractivity contribution in [3.05, 3.63) is 169 Å². The van der Waals surface area contributed by atoms with Gasteiger partial charge >= 0.3 is 5.69 Å². The van der Waals surface area contributed by atoms with Crippen molar-refractivity contribution in [1.29, 1.82) is 0 Å². The Hall–Kier alpha value is -6.73. The lowest BCUT2D eigenvalue weighted by Crippen LogP contribution is -2.26. The van der Waals surface area contributed by atoms with Gasteiger partial charge < -0.3 is 0 Å². The highest BCUT2D eigenvalue weighted by atomic mass is 16.1. The van der Waals surface area contributed by atoms with Crippen LogP contribution in [-0.2, 0) is 0 Å². The van der Waals surface area contributed by atoms with Crippen LogP contribution in [0.1, 0.15) is 0 Å². The molecule has 0 amide bonds. The van der Waals surface area contributed by atoms with Crippen LogP contribution in [0.5, 0.6) is 0 Å². The van der Waals surface area contributed by atoms with Crippen molar-refractivity contribution < 1.29 is 0 Å². The number of hydrogen-bond acceptors (Lipinski definition) is 5. The summed E-state index contributed by atoms with van der Waals surface area (Å²) >= 11 is 0. The molecule has 8 rings (SSSR count). The van der Waals surface area contributed by atoms with Gasteiger partial charge in [0.1, 0.15) is 0 Å². The number of hydrogen-bond donors (Lipinski definition) is 0. The van der Waals surface area contributed by atoms with Gasteiger partial charge in [0, 0.05) is 22.1 Å². The second-order valence-corrected chi connectivity index (χ2v) is 11.3. The van der Waals surface area contributed by atoms with E-state index in [0.717, 1.165) is 44.2 Å². The predicted molar refractivity (Wildman–Crippen MR) is 194 cm³/mol. The fourth-order valence-electron chi connectivity index (χ4n) is 6.07. The van der Waals surface area contributed by atoms with Crippen molar-refractivity contribution in [2.24, 2.45) is 0 Å². The van der Waals surface area contributed by atoms with E-state index in [2.05, 4.69) is 19.2 Å². The number of fused-ring (bicyclic) bond motifs is 5. The molecule has 0 aliphatic heterocycles. The molecule has 3 heterocycles. The third-order valence-electron chi connectivity index (χ3n) is 8.33. The summed E-state index contributed by atoms with van der Waals surface area (Å²) in [4.78, 5) is 33.8. The van der Waals surface area contributed by atoms with Crippen molar-refractivity contribution in [2.75, 3.05) is 0 Å². The molecule has 0 spiro atoms. The molecule has 0 bridgehead atoms. The Bertz CT molecular complexity index is 2560. The molecule has 0 aliphatic rings. The monoisotopic (exact) mass is 620 g/mol. The molecule has 8 aromatic rings. The van der Waals surface area contributed by atoms with Crippen LogP contribution in [0.2, 0.25) is 0 Å². The Morgan fingerprint density at radius 2 is 1.15 bits per heavy atom. The van der Waals surface area contributed by atoms with Crippen LogP contribution in [0.15, 0.2) is 164 Å². The number of aromatic nitrogens is 6. The van der Waals surface area contributed by atoms with Crippen molar-refractivity contribution in [1.82, 2.24) is 28.9 Å². The summed E-state index contributed by atoms with van der Waals surface area (Å²) in [6.45, 7) is 7.78. The molecule has 48 heavy (non-hydrogen) atoms. The fourth-order valence-corrected chi connectivity index (χ4v) is 6.07. The topological polar surface area (TPSA) is 78.0 Å². The molecule has 0 N–H and O–H groups in total. The number of imidazole rings is 1. The lowest BCUT2D eigenvalue weighted by Gasteiger charge is -2.12. The molecule has 0 fully saturated rings. The van der Waals surface area contributed by atoms with Gasteiger partial charge in [0.25, 0.3) is 0 Å². The van der Waals surface area contributed by atoms with Crippen LogP contribution in [0.3, 0.4) is 0 Å². The zero-order valence-electron chi connectivity index (χ0n) is 25.9. The van der Waals surface area contributed by atoms with E-state index in [9.17, 15) is 4.79 Å². The van der Waals surface area contributed by atoms with E-state index in [0.29, 0.717) is 34.3 Å². The van der Waals surface area contributed by atoms with Crippen LogP contribution in [0.4, 0.5) is 0 Å². The zero-order chi connectivity index (χ0) is 32.6. The second-order valence-electron chi connectivity index (χ2n) is 11.3. The van der Waals surface area contributed by atoms with E-state index in [-0.39, 0.29) is 5.69 Å². The Morgan fingerprint density at radius 3 is 1.81 bits per heavy atom. The molecule has 0 radical (unpaired) electrons. The van der Waals surface area contributed by atoms with Gasteiger partial charge in [-0.15, -0.1) is 0 Å². The highest BCUT2D eigenvalue weighted by Gasteiger charge is 2.18. The largest absolute Gasteiger partial charge is 0.339 e. The first-order chi connectivity index (χ1) is 23.6. The summed E-state index contributed by atoms with van der Waals surface area (Å²) in [5.74, 6) is 1.77. The average molecular weight is 621 g/mol. The zero-order valence-corrected chi connectivity index (χ0v) is 25.9. The quantitative estimate of drug-likeness (QED) is 0.166. The first-order valence-electron chi connectivity index (χ1n) is 15.5. The summed E-state index contributed by atoms with van der Waals surface area (Å²) in [7, 11) is 0. The summed E-state index contributed by atoms with van der Waals surface area (Å²) in [6.07, 6.45) is 5.08. The van der Waals surface area contributed by atoms with E-state index >= 15 is 0 Å². The van der Waals surface area contributed by atoms with Gasteiger partial charge in [-0.3, -0.25) is 4.57 Å². The minimum absolute atomic E-state index is 0.239. The third-order valence-corrected chi connectivity index (χ3v) is 8.33. The average Bonchev–Trinajstić information content (AvgIpc) is 3.55. The van der Waals surface area contributed by atoms with E-state index in [1.54, 1.807) is 27.2 Å². The Morgan fingerprint density at radius 1 is 0.562 bits per heavy atom. The van der Waals surface area contributed by atoms with E-state index < -0.39 is 0 Å². The predicted octanol–water partition coefficient (Wildman–Crippen LogP) is 8.87. The molecule has 0 saturated carbocycles. The summed E-state index contributed by atoms with van der Waals surface area (Å²) in [5.41, 5.74) is 7.71. The van der Waals surface area contributed by atoms with E-state index in [1.165, 1.54) is 0 Å². The second kappa shape index (κ2) is 11.9. The molecule has 7 nitrogen and oxygen atoms in total. The van der Waals surface area contributed by atoms with Gasteiger partial charge in [-0.1, -0.05) is 116 Å². The van der Waals surface area contributed by atoms with Crippen LogP contribution in [0.25, 0.3) is 78.6 Å². The number of para-hydroxylation sites is 1. The summed E-state index contributed by atoms with van der Waals surface area (Å²) < 4.78 is 3.33. The molecule has 0 saturated heterocycles. The lowest BCUT2D eigenvalue weighted by molar-refractivity contribution is 0.955. The van der Waals surface area contributed by atoms with Gasteiger partial charge in [-0.25, -0.2) is 29.1 Å². The fraction of sp³-hybridized carbons (Fsp3) is 0. The maximum atomic E-state index is 14.2. The maximum absolute atomic E-state index is 14.2.